The molecule has 1 aromatic heterocycles. The van der Waals surface area contributed by atoms with Gasteiger partial charge in [0.25, 0.3) is 0 Å². The molecule has 0 radical (unpaired) electrons. The van der Waals surface area contributed by atoms with Gasteiger partial charge < -0.3 is 10.1 Å². The molecular weight excluding hydrogens is 282 g/mol. The summed E-state index contributed by atoms with van der Waals surface area (Å²) in [6.07, 6.45) is 3.38. The van der Waals surface area contributed by atoms with Crippen LogP contribution in [0.25, 0.3) is 6.08 Å². The topological polar surface area (TPSA) is 38.3 Å². The molecule has 0 saturated heterocycles. The monoisotopic (exact) mass is 301 g/mol. The van der Waals surface area contributed by atoms with Crippen molar-refractivity contribution in [3.8, 4) is 5.75 Å². The zero-order chi connectivity index (χ0) is 15.1. The minimum atomic E-state index is -0.0948. The smallest absolute Gasteiger partial charge is 0.244 e. The lowest BCUT2D eigenvalue weighted by Crippen LogP contribution is -2.24. The molecule has 110 valence electrons. The van der Waals surface area contributed by atoms with E-state index >= 15 is 0 Å². The van der Waals surface area contributed by atoms with Crippen LogP contribution < -0.4 is 10.1 Å². The zero-order valence-electron chi connectivity index (χ0n) is 12.2. The number of rotatable bonds is 6. The van der Waals surface area contributed by atoms with Crippen molar-refractivity contribution in [2.75, 3.05) is 6.61 Å². The standard InChI is InChI=1S/C17H19NO2S/c1-3-20-16-7-5-15(6-8-16)13(2)18-17(19)9-4-14-10-11-21-12-14/h4-13H,3H2,1-2H3,(H,18,19)/b9-4+. The Labute approximate surface area is 129 Å². The van der Waals surface area contributed by atoms with Crippen molar-refractivity contribution in [1.29, 1.82) is 0 Å². The van der Waals surface area contributed by atoms with E-state index in [1.807, 2.05) is 61.0 Å². The van der Waals surface area contributed by atoms with Crippen molar-refractivity contribution >= 4 is 23.3 Å². The summed E-state index contributed by atoms with van der Waals surface area (Å²) in [5.74, 6) is 0.750. The summed E-state index contributed by atoms with van der Waals surface area (Å²) in [5, 5.41) is 6.93. The Morgan fingerprint density at radius 1 is 1.33 bits per heavy atom. The molecule has 0 aliphatic heterocycles. The Kier molecular flexibility index (Phi) is 5.58. The SMILES string of the molecule is CCOc1ccc(C(C)NC(=O)/C=C/c2ccsc2)cc1. The first-order valence-corrected chi connectivity index (χ1v) is 7.87. The predicted octanol–water partition coefficient (Wildman–Crippen LogP) is 4.04. The van der Waals surface area contributed by atoms with E-state index in [2.05, 4.69) is 5.32 Å². The van der Waals surface area contributed by atoms with Gasteiger partial charge in [0.15, 0.2) is 0 Å². The van der Waals surface area contributed by atoms with E-state index < -0.39 is 0 Å². The molecule has 0 bridgehead atoms. The molecule has 1 N–H and O–H groups in total. The largest absolute Gasteiger partial charge is 0.494 e. The van der Waals surface area contributed by atoms with Crippen molar-refractivity contribution in [2.45, 2.75) is 19.9 Å². The van der Waals surface area contributed by atoms with E-state index in [1.165, 1.54) is 0 Å². The molecule has 1 atom stereocenters. The summed E-state index contributed by atoms with van der Waals surface area (Å²) in [5.41, 5.74) is 2.10. The van der Waals surface area contributed by atoms with Crippen LogP contribution in [0.3, 0.4) is 0 Å². The van der Waals surface area contributed by atoms with Crippen LogP contribution >= 0.6 is 11.3 Å². The lowest BCUT2D eigenvalue weighted by molar-refractivity contribution is -0.117. The van der Waals surface area contributed by atoms with Crippen molar-refractivity contribution in [3.63, 3.8) is 0 Å². The Morgan fingerprint density at radius 3 is 2.71 bits per heavy atom. The number of carbonyl (C=O) groups is 1. The van der Waals surface area contributed by atoms with E-state index in [1.54, 1.807) is 17.4 Å². The van der Waals surface area contributed by atoms with Gasteiger partial charge in [-0.1, -0.05) is 12.1 Å². The van der Waals surface area contributed by atoms with Crippen molar-refractivity contribution in [1.82, 2.24) is 5.32 Å². The van der Waals surface area contributed by atoms with Gasteiger partial charge in [-0.15, -0.1) is 0 Å². The number of carbonyl (C=O) groups excluding carboxylic acids is 1. The number of ether oxygens (including phenoxy) is 1. The van der Waals surface area contributed by atoms with Crippen molar-refractivity contribution in [2.24, 2.45) is 0 Å². The van der Waals surface area contributed by atoms with Crippen LogP contribution in [-0.4, -0.2) is 12.5 Å². The first-order valence-electron chi connectivity index (χ1n) is 6.92. The average molecular weight is 301 g/mol. The van der Waals surface area contributed by atoms with Crippen LogP contribution in [0, 0.1) is 0 Å². The predicted molar refractivity (Wildman–Crippen MR) is 87.5 cm³/mol. The number of amides is 1. The second kappa shape index (κ2) is 7.64. The lowest BCUT2D eigenvalue weighted by atomic mass is 10.1. The molecule has 1 aromatic carbocycles. The summed E-state index contributed by atoms with van der Waals surface area (Å²) in [6.45, 7) is 4.57. The van der Waals surface area contributed by atoms with Gasteiger partial charge in [-0.25, -0.2) is 0 Å². The fourth-order valence-electron chi connectivity index (χ4n) is 1.91. The lowest BCUT2D eigenvalue weighted by Gasteiger charge is -2.13. The number of nitrogens with one attached hydrogen (secondary N) is 1. The Balaban J connectivity index is 1.91. The maximum atomic E-state index is 11.9. The number of thiophene rings is 1. The molecule has 2 aromatic rings. The highest BCUT2D eigenvalue weighted by molar-refractivity contribution is 7.08. The summed E-state index contributed by atoms with van der Waals surface area (Å²) in [6, 6.07) is 9.72. The molecule has 0 aliphatic rings. The number of hydrogen-bond donors (Lipinski definition) is 1. The summed E-state index contributed by atoms with van der Waals surface area (Å²) in [7, 11) is 0. The fourth-order valence-corrected chi connectivity index (χ4v) is 2.53. The van der Waals surface area contributed by atoms with Gasteiger partial charge >= 0.3 is 0 Å². The molecule has 0 spiro atoms. The second-order valence-corrected chi connectivity index (χ2v) is 5.40. The molecule has 3 nitrogen and oxygen atoms in total. The fraction of sp³-hybridized carbons (Fsp3) is 0.235. The minimum Gasteiger partial charge on any atom is -0.494 e. The van der Waals surface area contributed by atoms with Gasteiger partial charge in [0.05, 0.1) is 12.6 Å². The normalized spacial score (nSPS) is 12.3. The average Bonchev–Trinajstić information content (AvgIpc) is 2.99. The molecule has 0 saturated carbocycles. The third kappa shape index (κ3) is 4.76. The molecule has 1 heterocycles. The molecule has 1 unspecified atom stereocenters. The van der Waals surface area contributed by atoms with Crippen LogP contribution in [0.5, 0.6) is 5.75 Å². The maximum absolute atomic E-state index is 11.9. The third-order valence-corrected chi connectivity index (χ3v) is 3.72. The van der Waals surface area contributed by atoms with Crippen LogP contribution in [0.2, 0.25) is 0 Å². The Bertz CT molecular complexity index is 588. The molecular formula is C17H19NO2S. The highest BCUT2D eigenvalue weighted by Gasteiger charge is 2.07. The molecule has 21 heavy (non-hydrogen) atoms. The summed E-state index contributed by atoms with van der Waals surface area (Å²) >= 11 is 1.61. The second-order valence-electron chi connectivity index (χ2n) is 4.62. The molecule has 0 fully saturated rings. The quantitative estimate of drug-likeness (QED) is 0.818. The van der Waals surface area contributed by atoms with Crippen LogP contribution in [0.15, 0.2) is 47.2 Å². The van der Waals surface area contributed by atoms with Gasteiger partial charge in [0.2, 0.25) is 5.91 Å². The summed E-state index contributed by atoms with van der Waals surface area (Å²) in [4.78, 5) is 11.9. The first-order chi connectivity index (χ1) is 10.2. The van der Waals surface area contributed by atoms with Crippen LogP contribution in [-0.2, 0) is 4.79 Å². The van der Waals surface area contributed by atoms with Gasteiger partial charge in [-0.3, -0.25) is 4.79 Å². The van der Waals surface area contributed by atoms with Gasteiger partial charge in [0, 0.05) is 6.08 Å². The first kappa shape index (κ1) is 15.3. The van der Waals surface area contributed by atoms with E-state index in [0.717, 1.165) is 16.9 Å². The van der Waals surface area contributed by atoms with Crippen LogP contribution in [0.1, 0.15) is 31.0 Å². The Hall–Kier alpha value is -2.07. The molecule has 0 aliphatic carbocycles. The summed E-state index contributed by atoms with van der Waals surface area (Å²) < 4.78 is 5.40. The third-order valence-electron chi connectivity index (χ3n) is 3.02. The Morgan fingerprint density at radius 2 is 2.10 bits per heavy atom. The number of benzene rings is 1. The van der Waals surface area contributed by atoms with Crippen LogP contribution in [0.4, 0.5) is 0 Å². The van der Waals surface area contributed by atoms with Gasteiger partial charge in [-0.05, 0) is 60.0 Å². The molecule has 4 heteroatoms. The molecule has 2 rings (SSSR count). The van der Waals surface area contributed by atoms with Crippen molar-refractivity contribution in [3.05, 3.63) is 58.3 Å². The molecule has 1 amide bonds. The van der Waals surface area contributed by atoms with E-state index in [0.29, 0.717) is 6.61 Å². The van der Waals surface area contributed by atoms with Crippen molar-refractivity contribution < 1.29 is 9.53 Å². The number of hydrogen-bond acceptors (Lipinski definition) is 3. The highest BCUT2D eigenvalue weighted by Crippen LogP contribution is 2.17. The highest BCUT2D eigenvalue weighted by atomic mass is 32.1. The van der Waals surface area contributed by atoms with Gasteiger partial charge in [-0.2, -0.15) is 11.3 Å². The van der Waals surface area contributed by atoms with E-state index in [-0.39, 0.29) is 11.9 Å². The van der Waals surface area contributed by atoms with E-state index in [4.69, 9.17) is 4.74 Å². The minimum absolute atomic E-state index is 0.0414. The van der Waals surface area contributed by atoms with E-state index in [9.17, 15) is 4.79 Å². The zero-order valence-corrected chi connectivity index (χ0v) is 13.0. The maximum Gasteiger partial charge on any atom is 0.244 e. The van der Waals surface area contributed by atoms with Gasteiger partial charge in [0.1, 0.15) is 5.75 Å².